The maximum atomic E-state index is 11.8. The van der Waals surface area contributed by atoms with Gasteiger partial charge >= 0.3 is 0 Å². The molecule has 0 aromatic heterocycles. The van der Waals surface area contributed by atoms with Gasteiger partial charge in [-0.15, -0.1) is 0 Å². The molecule has 1 heterocycles. The standard InChI is InChI=1S/C15H28N2O/c1-15(2)7-5-12(6-8-15)11-17-14(18)10-13-4-3-9-16-13/h12-13,16H,3-11H2,1-2H3,(H,17,18). The maximum Gasteiger partial charge on any atom is 0.221 e. The van der Waals surface area contributed by atoms with E-state index in [1.54, 1.807) is 0 Å². The van der Waals surface area contributed by atoms with E-state index in [0.29, 0.717) is 23.8 Å². The van der Waals surface area contributed by atoms with Crippen molar-refractivity contribution < 1.29 is 4.79 Å². The molecule has 2 aliphatic rings. The topological polar surface area (TPSA) is 41.1 Å². The number of nitrogens with one attached hydrogen (secondary N) is 2. The number of carbonyl (C=O) groups is 1. The molecule has 0 bridgehead atoms. The summed E-state index contributed by atoms with van der Waals surface area (Å²) in [5.74, 6) is 0.942. The van der Waals surface area contributed by atoms with Crippen LogP contribution in [0.15, 0.2) is 0 Å². The summed E-state index contributed by atoms with van der Waals surface area (Å²) in [5, 5.41) is 6.50. The Morgan fingerprint density at radius 2 is 2.00 bits per heavy atom. The fraction of sp³-hybridized carbons (Fsp3) is 0.933. The highest BCUT2D eigenvalue weighted by molar-refractivity contribution is 5.76. The van der Waals surface area contributed by atoms with Crippen molar-refractivity contribution in [1.29, 1.82) is 0 Å². The highest BCUT2D eigenvalue weighted by Crippen LogP contribution is 2.37. The molecule has 3 heteroatoms. The molecular formula is C15H28N2O. The Morgan fingerprint density at radius 1 is 1.28 bits per heavy atom. The van der Waals surface area contributed by atoms with Crippen LogP contribution in [0.4, 0.5) is 0 Å². The first-order valence-electron chi connectivity index (χ1n) is 7.55. The van der Waals surface area contributed by atoms with E-state index < -0.39 is 0 Å². The minimum atomic E-state index is 0.235. The predicted molar refractivity (Wildman–Crippen MR) is 74.4 cm³/mol. The second kappa shape index (κ2) is 6.05. The number of amides is 1. The molecule has 0 aromatic rings. The first-order chi connectivity index (χ1) is 8.55. The summed E-state index contributed by atoms with van der Waals surface area (Å²) in [6.45, 7) is 6.68. The van der Waals surface area contributed by atoms with Crippen molar-refractivity contribution in [2.75, 3.05) is 13.1 Å². The number of rotatable bonds is 4. The van der Waals surface area contributed by atoms with Crippen LogP contribution in [-0.4, -0.2) is 25.0 Å². The van der Waals surface area contributed by atoms with Gasteiger partial charge in [0, 0.05) is 19.0 Å². The Labute approximate surface area is 111 Å². The molecule has 0 aromatic carbocycles. The Morgan fingerprint density at radius 3 is 2.61 bits per heavy atom. The van der Waals surface area contributed by atoms with Gasteiger partial charge in [-0.25, -0.2) is 0 Å². The molecule has 18 heavy (non-hydrogen) atoms. The van der Waals surface area contributed by atoms with Crippen LogP contribution in [0.5, 0.6) is 0 Å². The van der Waals surface area contributed by atoms with Gasteiger partial charge in [0.25, 0.3) is 0 Å². The monoisotopic (exact) mass is 252 g/mol. The van der Waals surface area contributed by atoms with Gasteiger partial charge in [0.2, 0.25) is 5.91 Å². The molecule has 2 N–H and O–H groups in total. The molecule has 1 aliphatic carbocycles. The van der Waals surface area contributed by atoms with E-state index in [0.717, 1.165) is 19.5 Å². The van der Waals surface area contributed by atoms with Gasteiger partial charge in [-0.1, -0.05) is 13.8 Å². The van der Waals surface area contributed by atoms with Crippen molar-refractivity contribution in [3.63, 3.8) is 0 Å². The summed E-state index contributed by atoms with van der Waals surface area (Å²) >= 11 is 0. The van der Waals surface area contributed by atoms with Crippen molar-refractivity contribution in [2.45, 2.75) is 64.8 Å². The average molecular weight is 252 g/mol. The lowest BCUT2D eigenvalue weighted by Crippen LogP contribution is -2.36. The van der Waals surface area contributed by atoms with Gasteiger partial charge in [-0.3, -0.25) is 4.79 Å². The van der Waals surface area contributed by atoms with Crippen LogP contribution in [-0.2, 0) is 4.79 Å². The number of hydrogen-bond acceptors (Lipinski definition) is 2. The normalized spacial score (nSPS) is 28.2. The fourth-order valence-electron chi connectivity index (χ4n) is 3.15. The Hall–Kier alpha value is -0.570. The summed E-state index contributed by atoms with van der Waals surface area (Å²) < 4.78 is 0. The molecule has 1 unspecified atom stereocenters. The van der Waals surface area contributed by atoms with Gasteiger partial charge < -0.3 is 10.6 Å². The third-order valence-corrected chi connectivity index (χ3v) is 4.64. The SMILES string of the molecule is CC1(C)CCC(CNC(=O)CC2CCCN2)CC1. The third-order valence-electron chi connectivity index (χ3n) is 4.64. The van der Waals surface area contributed by atoms with E-state index in [1.165, 1.54) is 32.1 Å². The van der Waals surface area contributed by atoms with Gasteiger partial charge in [-0.2, -0.15) is 0 Å². The van der Waals surface area contributed by atoms with Crippen molar-refractivity contribution >= 4 is 5.91 Å². The van der Waals surface area contributed by atoms with Gasteiger partial charge in [0.1, 0.15) is 0 Å². The molecule has 1 saturated heterocycles. The van der Waals surface area contributed by atoms with Gasteiger partial charge in [-0.05, 0) is 56.4 Å². The molecule has 1 aliphatic heterocycles. The van der Waals surface area contributed by atoms with E-state index in [4.69, 9.17) is 0 Å². The van der Waals surface area contributed by atoms with Crippen molar-refractivity contribution in [2.24, 2.45) is 11.3 Å². The summed E-state index contributed by atoms with van der Waals surface area (Å²) in [4.78, 5) is 11.8. The van der Waals surface area contributed by atoms with E-state index in [1.807, 2.05) is 0 Å². The average Bonchev–Trinajstić information content (AvgIpc) is 2.80. The Kier molecular flexibility index (Phi) is 4.66. The van der Waals surface area contributed by atoms with Gasteiger partial charge in [0.15, 0.2) is 0 Å². The molecule has 104 valence electrons. The minimum absolute atomic E-state index is 0.235. The largest absolute Gasteiger partial charge is 0.356 e. The molecule has 2 fully saturated rings. The lowest BCUT2D eigenvalue weighted by Gasteiger charge is -2.34. The van der Waals surface area contributed by atoms with Crippen LogP contribution in [0.3, 0.4) is 0 Å². The number of hydrogen-bond donors (Lipinski definition) is 2. The molecule has 1 atom stereocenters. The molecule has 1 saturated carbocycles. The summed E-state index contributed by atoms with van der Waals surface area (Å²) in [6, 6.07) is 0.426. The first kappa shape index (κ1) is 13.9. The molecular weight excluding hydrogens is 224 g/mol. The van der Waals surface area contributed by atoms with Crippen LogP contribution >= 0.6 is 0 Å². The van der Waals surface area contributed by atoms with E-state index in [9.17, 15) is 4.79 Å². The van der Waals surface area contributed by atoms with Crippen molar-refractivity contribution in [3.8, 4) is 0 Å². The van der Waals surface area contributed by atoms with Crippen LogP contribution < -0.4 is 10.6 Å². The maximum absolute atomic E-state index is 11.8. The molecule has 0 spiro atoms. The van der Waals surface area contributed by atoms with E-state index >= 15 is 0 Å². The van der Waals surface area contributed by atoms with Crippen LogP contribution in [0, 0.1) is 11.3 Å². The lowest BCUT2D eigenvalue weighted by atomic mass is 9.73. The van der Waals surface area contributed by atoms with Gasteiger partial charge in [0.05, 0.1) is 0 Å². The van der Waals surface area contributed by atoms with Crippen LogP contribution in [0.25, 0.3) is 0 Å². The fourth-order valence-corrected chi connectivity index (χ4v) is 3.15. The highest BCUT2D eigenvalue weighted by Gasteiger charge is 2.27. The smallest absolute Gasteiger partial charge is 0.221 e. The first-order valence-corrected chi connectivity index (χ1v) is 7.55. The predicted octanol–water partition coefficient (Wildman–Crippen LogP) is 2.46. The van der Waals surface area contributed by atoms with E-state index in [-0.39, 0.29) is 5.91 Å². The van der Waals surface area contributed by atoms with E-state index in [2.05, 4.69) is 24.5 Å². The summed E-state index contributed by atoms with van der Waals surface area (Å²) in [7, 11) is 0. The van der Waals surface area contributed by atoms with Crippen molar-refractivity contribution in [3.05, 3.63) is 0 Å². The summed E-state index contributed by atoms with van der Waals surface area (Å²) in [6.07, 6.45) is 8.19. The summed E-state index contributed by atoms with van der Waals surface area (Å²) in [5.41, 5.74) is 0.522. The minimum Gasteiger partial charge on any atom is -0.356 e. The Balaban J connectivity index is 1.61. The second-order valence-electron chi connectivity index (χ2n) is 6.91. The zero-order valence-corrected chi connectivity index (χ0v) is 11.9. The van der Waals surface area contributed by atoms with Crippen molar-refractivity contribution in [1.82, 2.24) is 10.6 Å². The quantitative estimate of drug-likeness (QED) is 0.807. The zero-order chi connectivity index (χ0) is 13.0. The van der Waals surface area contributed by atoms with Crippen LogP contribution in [0.2, 0.25) is 0 Å². The number of carbonyl (C=O) groups excluding carboxylic acids is 1. The van der Waals surface area contributed by atoms with Crippen LogP contribution in [0.1, 0.15) is 58.8 Å². The molecule has 1 amide bonds. The highest BCUT2D eigenvalue weighted by atomic mass is 16.1. The Bertz CT molecular complexity index is 272. The third kappa shape index (κ3) is 4.27. The second-order valence-corrected chi connectivity index (χ2v) is 6.91. The molecule has 3 nitrogen and oxygen atoms in total. The molecule has 2 rings (SSSR count). The molecule has 0 radical (unpaired) electrons. The lowest BCUT2D eigenvalue weighted by molar-refractivity contribution is -0.121. The zero-order valence-electron chi connectivity index (χ0n) is 11.9.